The van der Waals surface area contributed by atoms with E-state index in [0.717, 1.165) is 21.9 Å². The highest BCUT2D eigenvalue weighted by molar-refractivity contribution is 5.88. The minimum absolute atomic E-state index is 0.188. The molecule has 31 heavy (non-hydrogen) atoms. The van der Waals surface area contributed by atoms with Crippen LogP contribution in [0.5, 0.6) is 11.5 Å². The summed E-state index contributed by atoms with van der Waals surface area (Å²) in [7, 11) is 0. The molecule has 1 heterocycles. The first-order valence-electron chi connectivity index (χ1n) is 10.6. The molecule has 0 radical (unpaired) electrons. The SMILES string of the molecule is OCC1(O)CCN(CC(O)COc2ccc3cc(-c4cccc(O)c4)ccc3c2)CC1. The first-order chi connectivity index (χ1) is 14.9. The lowest BCUT2D eigenvalue weighted by Gasteiger charge is -2.37. The van der Waals surface area contributed by atoms with E-state index in [1.807, 2.05) is 42.5 Å². The molecule has 164 valence electrons. The molecule has 6 nitrogen and oxygen atoms in total. The second-order valence-electron chi connectivity index (χ2n) is 8.42. The predicted octanol–water partition coefficient (Wildman–Crippen LogP) is 2.77. The number of hydrogen-bond acceptors (Lipinski definition) is 6. The van der Waals surface area contributed by atoms with Crippen molar-refractivity contribution in [2.24, 2.45) is 0 Å². The van der Waals surface area contributed by atoms with Crippen LogP contribution in [-0.2, 0) is 0 Å². The van der Waals surface area contributed by atoms with Crippen LogP contribution in [0.15, 0.2) is 60.7 Å². The molecule has 3 aromatic carbocycles. The van der Waals surface area contributed by atoms with Gasteiger partial charge in [-0.25, -0.2) is 0 Å². The molecular weight excluding hydrogens is 394 g/mol. The Labute approximate surface area is 181 Å². The van der Waals surface area contributed by atoms with Gasteiger partial charge in [-0.05, 0) is 65.1 Å². The minimum atomic E-state index is -0.982. The molecule has 1 aliphatic rings. The van der Waals surface area contributed by atoms with Gasteiger partial charge in [-0.3, -0.25) is 0 Å². The minimum Gasteiger partial charge on any atom is -0.508 e. The van der Waals surface area contributed by atoms with E-state index in [1.54, 1.807) is 12.1 Å². The highest BCUT2D eigenvalue weighted by Gasteiger charge is 2.32. The number of benzene rings is 3. The smallest absolute Gasteiger partial charge is 0.120 e. The molecule has 4 rings (SSSR count). The molecule has 0 aromatic heterocycles. The Morgan fingerprint density at radius 3 is 2.39 bits per heavy atom. The maximum atomic E-state index is 10.3. The van der Waals surface area contributed by atoms with Crippen molar-refractivity contribution < 1.29 is 25.2 Å². The Morgan fingerprint density at radius 2 is 1.65 bits per heavy atom. The Bertz CT molecular complexity index is 1030. The van der Waals surface area contributed by atoms with E-state index in [0.29, 0.717) is 38.2 Å². The van der Waals surface area contributed by atoms with E-state index in [1.165, 1.54) is 0 Å². The summed E-state index contributed by atoms with van der Waals surface area (Å²) in [6.45, 7) is 1.73. The standard InChI is InChI=1S/C25H29NO5/c27-17-25(30)8-10-26(11-9-25)15-23(29)16-31-24-7-6-20-12-19(4-5-21(20)14-24)18-2-1-3-22(28)13-18/h1-7,12-14,23,27-30H,8-11,15-17H2. The number of piperidine rings is 1. The zero-order chi connectivity index (χ0) is 21.8. The van der Waals surface area contributed by atoms with Crippen molar-refractivity contribution in [3.05, 3.63) is 60.7 Å². The quantitative estimate of drug-likeness (QED) is 0.467. The van der Waals surface area contributed by atoms with Crippen LogP contribution in [0.25, 0.3) is 21.9 Å². The predicted molar refractivity (Wildman–Crippen MR) is 120 cm³/mol. The van der Waals surface area contributed by atoms with Gasteiger partial charge in [-0.1, -0.05) is 30.3 Å². The summed E-state index contributed by atoms with van der Waals surface area (Å²) in [5.74, 6) is 0.943. The van der Waals surface area contributed by atoms with E-state index < -0.39 is 11.7 Å². The van der Waals surface area contributed by atoms with Crippen LogP contribution in [0.2, 0.25) is 0 Å². The number of ether oxygens (including phenoxy) is 1. The molecule has 1 saturated heterocycles. The maximum absolute atomic E-state index is 10.3. The molecule has 0 amide bonds. The molecule has 6 heteroatoms. The Balaban J connectivity index is 1.34. The Morgan fingerprint density at radius 1 is 0.935 bits per heavy atom. The van der Waals surface area contributed by atoms with E-state index in [4.69, 9.17) is 4.74 Å². The lowest BCUT2D eigenvalue weighted by molar-refractivity contribution is -0.0656. The van der Waals surface area contributed by atoms with Gasteiger partial charge in [0.25, 0.3) is 0 Å². The highest BCUT2D eigenvalue weighted by atomic mass is 16.5. The van der Waals surface area contributed by atoms with Crippen LogP contribution in [0.1, 0.15) is 12.8 Å². The molecule has 0 aliphatic carbocycles. The van der Waals surface area contributed by atoms with Gasteiger partial charge >= 0.3 is 0 Å². The zero-order valence-electron chi connectivity index (χ0n) is 17.4. The number of likely N-dealkylation sites (tertiary alicyclic amines) is 1. The molecule has 1 unspecified atom stereocenters. The normalized spacial score (nSPS) is 17.5. The van der Waals surface area contributed by atoms with Crippen molar-refractivity contribution in [2.75, 3.05) is 32.8 Å². The molecule has 0 spiro atoms. The van der Waals surface area contributed by atoms with Gasteiger partial charge in [0.1, 0.15) is 24.2 Å². The number of rotatable bonds is 7. The van der Waals surface area contributed by atoms with Gasteiger partial charge in [0.05, 0.1) is 12.2 Å². The third-order valence-corrected chi connectivity index (χ3v) is 5.98. The number of aliphatic hydroxyl groups is 3. The fourth-order valence-corrected chi connectivity index (χ4v) is 4.03. The molecule has 1 atom stereocenters. The van der Waals surface area contributed by atoms with Crippen molar-refractivity contribution in [1.82, 2.24) is 4.90 Å². The van der Waals surface area contributed by atoms with Crippen LogP contribution in [0.4, 0.5) is 0 Å². The first-order valence-corrected chi connectivity index (χ1v) is 10.6. The summed E-state index contributed by atoms with van der Waals surface area (Å²) in [6.07, 6.45) is 0.378. The fraction of sp³-hybridized carbons (Fsp3) is 0.360. The van der Waals surface area contributed by atoms with E-state index in [9.17, 15) is 20.4 Å². The average Bonchev–Trinajstić information content (AvgIpc) is 2.79. The number of phenolic OH excluding ortho intramolecular Hbond substituents is 1. The van der Waals surface area contributed by atoms with Crippen molar-refractivity contribution >= 4 is 10.8 Å². The zero-order valence-corrected chi connectivity index (χ0v) is 17.4. The lowest BCUT2D eigenvalue weighted by atomic mass is 9.92. The number of hydrogen-bond donors (Lipinski definition) is 4. The summed E-state index contributed by atoms with van der Waals surface area (Å²) in [5.41, 5.74) is 1.01. The monoisotopic (exact) mass is 423 g/mol. The van der Waals surface area contributed by atoms with Crippen molar-refractivity contribution in [2.45, 2.75) is 24.5 Å². The second-order valence-corrected chi connectivity index (χ2v) is 8.42. The van der Waals surface area contributed by atoms with Crippen LogP contribution < -0.4 is 4.74 Å². The average molecular weight is 424 g/mol. The Hall–Kier alpha value is -2.64. The summed E-state index contributed by atoms with van der Waals surface area (Å²) >= 11 is 0. The third kappa shape index (κ3) is 5.35. The largest absolute Gasteiger partial charge is 0.508 e. The summed E-state index contributed by atoms with van der Waals surface area (Å²) < 4.78 is 5.81. The Kier molecular flexibility index (Phi) is 6.43. The first kappa shape index (κ1) is 21.6. The molecular formula is C25H29NO5. The number of nitrogens with zero attached hydrogens (tertiary/aromatic N) is 1. The van der Waals surface area contributed by atoms with Gasteiger partial charge in [-0.15, -0.1) is 0 Å². The van der Waals surface area contributed by atoms with Crippen LogP contribution in [0.3, 0.4) is 0 Å². The van der Waals surface area contributed by atoms with Crippen molar-refractivity contribution in [3.63, 3.8) is 0 Å². The van der Waals surface area contributed by atoms with Gasteiger partial charge < -0.3 is 30.1 Å². The summed E-state index contributed by atoms with van der Waals surface area (Å²) in [5, 5.41) is 41.5. The van der Waals surface area contributed by atoms with Gasteiger partial charge in [0, 0.05) is 19.6 Å². The van der Waals surface area contributed by atoms with Crippen LogP contribution in [-0.4, -0.2) is 69.9 Å². The highest BCUT2D eigenvalue weighted by Crippen LogP contribution is 2.29. The molecule has 4 N–H and O–H groups in total. The third-order valence-electron chi connectivity index (χ3n) is 5.98. The fourth-order valence-electron chi connectivity index (χ4n) is 4.03. The molecule has 3 aromatic rings. The molecule has 1 fully saturated rings. The maximum Gasteiger partial charge on any atom is 0.120 e. The second kappa shape index (κ2) is 9.24. The van der Waals surface area contributed by atoms with Gasteiger partial charge in [-0.2, -0.15) is 0 Å². The molecule has 1 aliphatic heterocycles. The lowest BCUT2D eigenvalue weighted by Crippen LogP contribution is -2.48. The van der Waals surface area contributed by atoms with Gasteiger partial charge in [0.2, 0.25) is 0 Å². The number of aliphatic hydroxyl groups excluding tert-OH is 2. The van der Waals surface area contributed by atoms with E-state index in [-0.39, 0.29) is 19.0 Å². The van der Waals surface area contributed by atoms with Crippen molar-refractivity contribution in [3.8, 4) is 22.6 Å². The summed E-state index contributed by atoms with van der Waals surface area (Å²) in [6, 6.07) is 19.1. The topological polar surface area (TPSA) is 93.4 Å². The van der Waals surface area contributed by atoms with E-state index >= 15 is 0 Å². The number of aromatic hydroxyl groups is 1. The summed E-state index contributed by atoms with van der Waals surface area (Å²) in [4.78, 5) is 2.08. The van der Waals surface area contributed by atoms with Gasteiger partial charge in [0.15, 0.2) is 0 Å². The van der Waals surface area contributed by atoms with Crippen LogP contribution >= 0.6 is 0 Å². The number of β-amino-alcohol motifs (C(OH)–C–C–N with tert-alkyl or cyclic N) is 1. The van der Waals surface area contributed by atoms with Crippen molar-refractivity contribution in [1.29, 1.82) is 0 Å². The molecule has 0 bridgehead atoms. The molecule has 0 saturated carbocycles. The number of phenols is 1. The van der Waals surface area contributed by atoms with E-state index in [2.05, 4.69) is 11.0 Å². The number of fused-ring (bicyclic) bond motifs is 1. The van der Waals surface area contributed by atoms with Crippen LogP contribution in [0, 0.1) is 0 Å².